The second kappa shape index (κ2) is 8.84. The van der Waals surface area contributed by atoms with E-state index in [4.69, 9.17) is 9.84 Å². The van der Waals surface area contributed by atoms with Gasteiger partial charge in [-0.25, -0.2) is 0 Å². The number of aliphatic hydroxyl groups is 4. The quantitative estimate of drug-likeness (QED) is 0.512. The van der Waals surface area contributed by atoms with Crippen molar-refractivity contribution >= 4 is 0 Å². The first-order valence-electron chi connectivity index (χ1n) is 6.53. The van der Waals surface area contributed by atoms with E-state index in [0.29, 0.717) is 0 Å². The third-order valence-electron chi connectivity index (χ3n) is 2.87. The number of ether oxygens (including phenoxy) is 1. The minimum atomic E-state index is -1.06. The van der Waals surface area contributed by atoms with Crippen LogP contribution in [0.5, 0.6) is 0 Å². The standard InChI is InChI=1S/C15H22O5/c1-11(17)13(18)7-8-14(19)15(9-16)20-10-12-5-3-2-4-6-12/h2-8,11,13-19H,9-10H2,1H3/b8-7+/t11-,13-,14-,15-/m0/s1. The average Bonchev–Trinajstić information content (AvgIpc) is 2.46. The molecule has 0 radical (unpaired) electrons. The van der Waals surface area contributed by atoms with Gasteiger partial charge in [0, 0.05) is 0 Å². The van der Waals surface area contributed by atoms with Gasteiger partial charge < -0.3 is 25.2 Å². The fraction of sp³-hybridized carbons (Fsp3) is 0.467. The van der Waals surface area contributed by atoms with Crippen molar-refractivity contribution in [2.45, 2.75) is 37.9 Å². The van der Waals surface area contributed by atoms with Crippen LogP contribution in [0.15, 0.2) is 42.5 Å². The van der Waals surface area contributed by atoms with Gasteiger partial charge in [0.1, 0.15) is 12.2 Å². The Balaban J connectivity index is 2.49. The second-order valence-electron chi connectivity index (χ2n) is 4.62. The minimum absolute atomic E-state index is 0.274. The summed E-state index contributed by atoms with van der Waals surface area (Å²) in [6.45, 7) is 1.37. The highest BCUT2D eigenvalue weighted by Gasteiger charge is 2.17. The lowest BCUT2D eigenvalue weighted by Gasteiger charge is -2.19. The Bertz CT molecular complexity index is 391. The summed E-state index contributed by atoms with van der Waals surface area (Å²) >= 11 is 0. The van der Waals surface area contributed by atoms with Crippen LogP contribution in [-0.2, 0) is 11.3 Å². The van der Waals surface area contributed by atoms with E-state index in [0.717, 1.165) is 5.56 Å². The zero-order valence-electron chi connectivity index (χ0n) is 11.5. The molecule has 0 aromatic heterocycles. The van der Waals surface area contributed by atoms with Gasteiger partial charge in [-0.1, -0.05) is 42.5 Å². The number of rotatable bonds is 8. The summed E-state index contributed by atoms with van der Waals surface area (Å²) in [5.41, 5.74) is 0.936. The van der Waals surface area contributed by atoms with Crippen molar-refractivity contribution in [3.8, 4) is 0 Å². The molecule has 5 nitrogen and oxygen atoms in total. The molecule has 0 spiro atoms. The lowest BCUT2D eigenvalue weighted by atomic mass is 10.1. The molecule has 112 valence electrons. The molecule has 1 aromatic rings. The summed E-state index contributed by atoms with van der Waals surface area (Å²) in [6, 6.07) is 9.41. The van der Waals surface area contributed by atoms with Gasteiger partial charge >= 0.3 is 0 Å². The molecule has 0 bridgehead atoms. The van der Waals surface area contributed by atoms with Crippen LogP contribution in [0.25, 0.3) is 0 Å². The van der Waals surface area contributed by atoms with E-state index in [1.807, 2.05) is 30.3 Å². The minimum Gasteiger partial charge on any atom is -0.394 e. The molecule has 1 aromatic carbocycles. The maximum Gasteiger partial charge on any atom is 0.110 e. The van der Waals surface area contributed by atoms with Crippen molar-refractivity contribution in [1.29, 1.82) is 0 Å². The molecule has 1 rings (SSSR count). The molecule has 0 aliphatic carbocycles. The van der Waals surface area contributed by atoms with Crippen LogP contribution in [0.3, 0.4) is 0 Å². The molecule has 0 amide bonds. The second-order valence-corrected chi connectivity index (χ2v) is 4.62. The molecule has 4 N–H and O–H groups in total. The van der Waals surface area contributed by atoms with Crippen molar-refractivity contribution < 1.29 is 25.2 Å². The average molecular weight is 282 g/mol. The van der Waals surface area contributed by atoms with Crippen LogP contribution in [0, 0.1) is 0 Å². The monoisotopic (exact) mass is 282 g/mol. The molecule has 0 aliphatic heterocycles. The Kier molecular flexibility index (Phi) is 7.43. The number of benzene rings is 1. The first-order chi connectivity index (χ1) is 9.54. The van der Waals surface area contributed by atoms with Crippen LogP contribution >= 0.6 is 0 Å². The summed E-state index contributed by atoms with van der Waals surface area (Å²) in [6.07, 6.45) is -1.23. The third-order valence-corrected chi connectivity index (χ3v) is 2.87. The van der Waals surface area contributed by atoms with Crippen LogP contribution < -0.4 is 0 Å². The van der Waals surface area contributed by atoms with Gasteiger partial charge in [-0.3, -0.25) is 0 Å². The van der Waals surface area contributed by atoms with Gasteiger partial charge in [0.05, 0.1) is 25.4 Å². The third kappa shape index (κ3) is 5.81. The smallest absolute Gasteiger partial charge is 0.110 e. The normalized spacial score (nSPS) is 17.9. The topological polar surface area (TPSA) is 90.2 Å². The molecule has 0 saturated heterocycles. The van der Waals surface area contributed by atoms with E-state index < -0.39 is 24.4 Å². The largest absolute Gasteiger partial charge is 0.394 e. The Morgan fingerprint density at radius 1 is 1.05 bits per heavy atom. The van der Waals surface area contributed by atoms with Crippen molar-refractivity contribution in [1.82, 2.24) is 0 Å². The first kappa shape index (κ1) is 16.8. The van der Waals surface area contributed by atoms with Gasteiger partial charge in [-0.05, 0) is 12.5 Å². The summed E-state index contributed by atoms with van der Waals surface area (Å²) in [5.74, 6) is 0. The zero-order chi connectivity index (χ0) is 15.0. The highest BCUT2D eigenvalue weighted by Crippen LogP contribution is 2.08. The van der Waals surface area contributed by atoms with E-state index >= 15 is 0 Å². The Labute approximate surface area is 118 Å². The van der Waals surface area contributed by atoms with Crippen molar-refractivity contribution in [2.75, 3.05) is 6.61 Å². The highest BCUT2D eigenvalue weighted by molar-refractivity contribution is 5.13. The number of hydrogen-bond donors (Lipinski definition) is 4. The van der Waals surface area contributed by atoms with E-state index in [2.05, 4.69) is 0 Å². The molecule has 4 atom stereocenters. The predicted octanol–water partition coefficient (Wildman–Crippen LogP) is 0.223. The van der Waals surface area contributed by atoms with Gasteiger partial charge in [0.25, 0.3) is 0 Å². The predicted molar refractivity (Wildman–Crippen MR) is 74.9 cm³/mol. The summed E-state index contributed by atoms with van der Waals surface area (Å²) in [7, 11) is 0. The van der Waals surface area contributed by atoms with Crippen molar-refractivity contribution in [3.05, 3.63) is 48.0 Å². The zero-order valence-corrected chi connectivity index (χ0v) is 11.5. The molecular formula is C15H22O5. The maximum atomic E-state index is 9.85. The molecule has 0 fully saturated rings. The Hall–Kier alpha value is -1.24. The van der Waals surface area contributed by atoms with Crippen molar-refractivity contribution in [3.63, 3.8) is 0 Å². The highest BCUT2D eigenvalue weighted by atomic mass is 16.5. The SMILES string of the molecule is C[C@H](O)[C@@H](O)/C=C/[C@H](O)[C@H](CO)OCc1ccccc1. The Morgan fingerprint density at radius 2 is 1.65 bits per heavy atom. The molecule has 5 heteroatoms. The van der Waals surface area contributed by atoms with Crippen LogP contribution in [0.2, 0.25) is 0 Å². The summed E-state index contributed by atoms with van der Waals surface area (Å²) in [4.78, 5) is 0. The molecule has 0 unspecified atom stereocenters. The fourth-order valence-electron chi connectivity index (χ4n) is 1.55. The fourth-order valence-corrected chi connectivity index (χ4v) is 1.55. The molecular weight excluding hydrogens is 260 g/mol. The van der Waals surface area contributed by atoms with Gasteiger partial charge in [0.15, 0.2) is 0 Å². The first-order valence-corrected chi connectivity index (χ1v) is 6.53. The van der Waals surface area contributed by atoms with Gasteiger partial charge in [0.2, 0.25) is 0 Å². The lowest BCUT2D eigenvalue weighted by molar-refractivity contribution is -0.0544. The molecule has 0 aliphatic rings. The maximum absolute atomic E-state index is 9.85. The summed E-state index contributed by atoms with van der Waals surface area (Å²) in [5, 5.41) is 37.6. The van der Waals surface area contributed by atoms with E-state index in [9.17, 15) is 15.3 Å². The van der Waals surface area contributed by atoms with Crippen LogP contribution in [0.4, 0.5) is 0 Å². The van der Waals surface area contributed by atoms with E-state index in [1.165, 1.54) is 19.1 Å². The molecule has 0 saturated carbocycles. The van der Waals surface area contributed by atoms with E-state index in [1.54, 1.807) is 0 Å². The Morgan fingerprint density at radius 3 is 2.20 bits per heavy atom. The summed E-state index contributed by atoms with van der Waals surface area (Å²) < 4.78 is 5.44. The van der Waals surface area contributed by atoms with Crippen LogP contribution in [-0.4, -0.2) is 51.4 Å². The lowest BCUT2D eigenvalue weighted by Crippen LogP contribution is -2.31. The van der Waals surface area contributed by atoms with Gasteiger partial charge in [-0.15, -0.1) is 0 Å². The van der Waals surface area contributed by atoms with Crippen molar-refractivity contribution in [2.24, 2.45) is 0 Å². The molecule has 20 heavy (non-hydrogen) atoms. The van der Waals surface area contributed by atoms with E-state index in [-0.39, 0.29) is 13.2 Å². The van der Waals surface area contributed by atoms with Gasteiger partial charge in [-0.2, -0.15) is 0 Å². The molecule has 0 heterocycles. The number of aliphatic hydroxyl groups excluding tert-OH is 4. The van der Waals surface area contributed by atoms with Crippen LogP contribution in [0.1, 0.15) is 12.5 Å². The number of hydrogen-bond acceptors (Lipinski definition) is 5.